The number of hydrogen-bond donors (Lipinski definition) is 0. The summed E-state index contributed by atoms with van der Waals surface area (Å²) < 4.78 is 28.7. The minimum atomic E-state index is -2.81. The lowest BCUT2D eigenvalue weighted by molar-refractivity contribution is 0.0265. The molecule has 3 rings (SSSR count). The van der Waals surface area contributed by atoms with Crippen molar-refractivity contribution in [3.63, 3.8) is 0 Å². The van der Waals surface area contributed by atoms with Gasteiger partial charge in [0.25, 0.3) is 0 Å². The number of nitrogens with zero attached hydrogens (tertiary/aromatic N) is 2. The van der Waals surface area contributed by atoms with E-state index in [1.54, 1.807) is 0 Å². The molecule has 2 saturated heterocycles. The number of amides is 1. The lowest BCUT2D eigenvalue weighted by atomic mass is 9.98. The maximum atomic E-state index is 12.2. The molecule has 132 valence electrons. The number of ether oxygens (including phenoxy) is 1. The van der Waals surface area contributed by atoms with Crippen molar-refractivity contribution in [2.24, 2.45) is 0 Å². The summed E-state index contributed by atoms with van der Waals surface area (Å²) in [6.07, 6.45) is 6.99. The molecule has 0 atom stereocenters. The van der Waals surface area contributed by atoms with Crippen LogP contribution in [0.15, 0.2) is 0 Å². The topological polar surface area (TPSA) is 66.9 Å². The predicted molar refractivity (Wildman–Crippen MR) is 88.2 cm³/mol. The molecule has 2 aliphatic heterocycles. The maximum Gasteiger partial charge on any atom is 0.410 e. The van der Waals surface area contributed by atoms with Gasteiger partial charge in [0.05, 0.1) is 11.5 Å². The predicted octanol–water partition coefficient (Wildman–Crippen LogP) is 1.65. The second-order valence-electron chi connectivity index (χ2n) is 7.05. The first-order valence-electron chi connectivity index (χ1n) is 8.93. The van der Waals surface area contributed by atoms with Gasteiger partial charge in [0.15, 0.2) is 0 Å². The number of hydrogen-bond acceptors (Lipinski definition) is 5. The van der Waals surface area contributed by atoms with E-state index in [0.717, 1.165) is 51.6 Å². The zero-order chi connectivity index (χ0) is 16.3. The van der Waals surface area contributed by atoms with E-state index in [9.17, 15) is 13.2 Å². The van der Waals surface area contributed by atoms with Gasteiger partial charge in [-0.25, -0.2) is 13.2 Å². The molecule has 0 aromatic carbocycles. The van der Waals surface area contributed by atoms with Crippen molar-refractivity contribution < 1.29 is 17.9 Å². The fraction of sp³-hybridized carbons (Fsp3) is 0.938. The molecular weight excluding hydrogens is 316 g/mol. The third-order valence-corrected chi connectivity index (χ3v) is 7.15. The van der Waals surface area contributed by atoms with Gasteiger partial charge in [0, 0.05) is 32.2 Å². The van der Waals surface area contributed by atoms with Crippen LogP contribution in [0.1, 0.15) is 44.9 Å². The van der Waals surface area contributed by atoms with E-state index in [1.807, 2.05) is 4.90 Å². The Hall–Kier alpha value is -0.820. The monoisotopic (exact) mass is 344 g/mol. The molecule has 0 aromatic heterocycles. The van der Waals surface area contributed by atoms with Crippen LogP contribution in [0.4, 0.5) is 4.79 Å². The smallest absolute Gasteiger partial charge is 0.410 e. The molecule has 3 aliphatic rings. The summed E-state index contributed by atoms with van der Waals surface area (Å²) in [7, 11) is -2.81. The molecule has 3 fully saturated rings. The third-order valence-electron chi connectivity index (χ3n) is 5.43. The molecule has 23 heavy (non-hydrogen) atoms. The van der Waals surface area contributed by atoms with E-state index in [-0.39, 0.29) is 12.2 Å². The Kier molecular flexibility index (Phi) is 5.46. The van der Waals surface area contributed by atoms with E-state index < -0.39 is 9.84 Å². The first-order chi connectivity index (χ1) is 11.0. The maximum absolute atomic E-state index is 12.2. The zero-order valence-electron chi connectivity index (χ0n) is 13.8. The molecule has 6 nitrogen and oxygen atoms in total. The molecule has 2 heterocycles. The summed E-state index contributed by atoms with van der Waals surface area (Å²) in [6.45, 7) is 3.03. The Balaban J connectivity index is 1.42. The van der Waals surface area contributed by atoms with Crippen molar-refractivity contribution in [1.29, 1.82) is 0 Å². The highest BCUT2D eigenvalue weighted by Gasteiger charge is 2.31. The number of sulfone groups is 1. The Labute approximate surface area is 139 Å². The average Bonchev–Trinajstić information content (AvgIpc) is 2.56. The Morgan fingerprint density at radius 3 is 2.09 bits per heavy atom. The van der Waals surface area contributed by atoms with Gasteiger partial charge >= 0.3 is 6.09 Å². The minimum absolute atomic E-state index is 0.109. The zero-order valence-corrected chi connectivity index (χ0v) is 14.6. The summed E-state index contributed by atoms with van der Waals surface area (Å²) in [4.78, 5) is 16.4. The second-order valence-corrected chi connectivity index (χ2v) is 9.35. The minimum Gasteiger partial charge on any atom is -0.446 e. The van der Waals surface area contributed by atoms with Gasteiger partial charge in [-0.3, -0.25) is 4.90 Å². The molecule has 7 heteroatoms. The molecular formula is C16H28N2O4S. The molecule has 0 aromatic rings. The first kappa shape index (κ1) is 17.0. The van der Waals surface area contributed by atoms with E-state index in [0.29, 0.717) is 30.6 Å². The van der Waals surface area contributed by atoms with Gasteiger partial charge in [-0.2, -0.15) is 0 Å². The van der Waals surface area contributed by atoms with Crippen molar-refractivity contribution in [1.82, 2.24) is 9.80 Å². The van der Waals surface area contributed by atoms with Crippen LogP contribution in [0.5, 0.6) is 0 Å². The highest BCUT2D eigenvalue weighted by atomic mass is 32.2. The van der Waals surface area contributed by atoms with Gasteiger partial charge < -0.3 is 9.64 Å². The molecule has 1 saturated carbocycles. The standard InChI is InChI=1S/C16H28N2O4S/c19-16(22-15-4-2-1-3-5-15)18-10-8-17(9-11-18)14-6-12-23(20,21)13-7-14/h14-15H,1-13H2. The van der Waals surface area contributed by atoms with Crippen LogP contribution in [-0.2, 0) is 14.6 Å². The number of rotatable bonds is 2. The third kappa shape index (κ3) is 4.59. The van der Waals surface area contributed by atoms with Gasteiger partial charge in [-0.15, -0.1) is 0 Å². The van der Waals surface area contributed by atoms with Crippen LogP contribution < -0.4 is 0 Å². The molecule has 0 radical (unpaired) electrons. The van der Waals surface area contributed by atoms with E-state index in [4.69, 9.17) is 4.74 Å². The highest BCUT2D eigenvalue weighted by Crippen LogP contribution is 2.22. The van der Waals surface area contributed by atoms with Crippen molar-refractivity contribution >= 4 is 15.9 Å². The molecule has 0 unspecified atom stereocenters. The molecule has 0 N–H and O–H groups in total. The van der Waals surface area contributed by atoms with Gasteiger partial charge in [-0.1, -0.05) is 6.42 Å². The summed E-state index contributed by atoms with van der Waals surface area (Å²) >= 11 is 0. The van der Waals surface area contributed by atoms with Crippen LogP contribution in [0, 0.1) is 0 Å². The summed E-state index contributed by atoms with van der Waals surface area (Å²) in [5.74, 6) is 0.614. The van der Waals surface area contributed by atoms with Crippen molar-refractivity contribution in [3.8, 4) is 0 Å². The van der Waals surface area contributed by atoms with E-state index in [1.165, 1.54) is 6.42 Å². The average molecular weight is 344 g/mol. The van der Waals surface area contributed by atoms with Crippen LogP contribution in [0.3, 0.4) is 0 Å². The van der Waals surface area contributed by atoms with Gasteiger partial charge in [0.1, 0.15) is 15.9 Å². The normalized spacial score (nSPS) is 27.7. The quantitative estimate of drug-likeness (QED) is 0.762. The molecule has 0 bridgehead atoms. The van der Waals surface area contributed by atoms with Crippen LogP contribution in [-0.4, -0.2) is 74.1 Å². The van der Waals surface area contributed by atoms with Crippen LogP contribution in [0.25, 0.3) is 0 Å². The molecule has 1 amide bonds. The van der Waals surface area contributed by atoms with Crippen molar-refractivity contribution in [2.45, 2.75) is 57.1 Å². The van der Waals surface area contributed by atoms with Gasteiger partial charge in [0.2, 0.25) is 0 Å². The van der Waals surface area contributed by atoms with Crippen LogP contribution in [0.2, 0.25) is 0 Å². The summed E-state index contributed by atoms with van der Waals surface area (Å²) in [6, 6.07) is 0.357. The van der Waals surface area contributed by atoms with Crippen LogP contribution >= 0.6 is 0 Å². The fourth-order valence-corrected chi connectivity index (χ4v) is 5.38. The van der Waals surface area contributed by atoms with Crippen molar-refractivity contribution in [3.05, 3.63) is 0 Å². The summed E-state index contributed by atoms with van der Waals surface area (Å²) in [5, 5.41) is 0. The Bertz CT molecular complexity index is 494. The van der Waals surface area contributed by atoms with Gasteiger partial charge in [-0.05, 0) is 38.5 Å². The summed E-state index contributed by atoms with van der Waals surface area (Å²) in [5.41, 5.74) is 0. The number of piperazine rings is 1. The second kappa shape index (κ2) is 7.38. The number of carbonyl (C=O) groups excluding carboxylic acids is 1. The van der Waals surface area contributed by atoms with E-state index >= 15 is 0 Å². The SMILES string of the molecule is O=C(OC1CCCCC1)N1CCN(C2CCS(=O)(=O)CC2)CC1. The lowest BCUT2D eigenvalue weighted by Gasteiger charge is -2.40. The fourth-order valence-electron chi connectivity index (χ4n) is 3.91. The Morgan fingerprint density at radius 1 is 0.870 bits per heavy atom. The molecule has 0 spiro atoms. The van der Waals surface area contributed by atoms with E-state index in [2.05, 4.69) is 4.90 Å². The van der Waals surface area contributed by atoms with Crippen molar-refractivity contribution in [2.75, 3.05) is 37.7 Å². The lowest BCUT2D eigenvalue weighted by Crippen LogP contribution is -2.53. The number of carbonyl (C=O) groups is 1. The highest BCUT2D eigenvalue weighted by molar-refractivity contribution is 7.91. The largest absolute Gasteiger partial charge is 0.446 e. The first-order valence-corrected chi connectivity index (χ1v) is 10.8. The molecule has 1 aliphatic carbocycles. The Morgan fingerprint density at radius 2 is 1.48 bits per heavy atom.